The van der Waals surface area contributed by atoms with Gasteiger partial charge in [0, 0.05) is 28.1 Å². The van der Waals surface area contributed by atoms with Crippen molar-refractivity contribution in [2.45, 2.75) is 20.8 Å². The number of hydrogen-bond donors (Lipinski definition) is 0. The summed E-state index contributed by atoms with van der Waals surface area (Å²) in [6.45, 7) is 6.06. The Morgan fingerprint density at radius 3 is 2.52 bits per heavy atom. The fourth-order valence-corrected chi connectivity index (χ4v) is 3.60. The molecule has 3 aromatic rings. The third-order valence-electron chi connectivity index (χ3n) is 4.07. The van der Waals surface area contributed by atoms with Crippen LogP contribution in [0, 0.1) is 32.1 Å². The zero-order valence-corrected chi connectivity index (χ0v) is 15.5. The lowest BCUT2D eigenvalue weighted by atomic mass is 10.1. The second-order valence-corrected chi connectivity index (χ2v) is 6.68. The summed E-state index contributed by atoms with van der Waals surface area (Å²) < 4.78 is 7.40. The topological polar surface area (TPSA) is 50.8 Å². The summed E-state index contributed by atoms with van der Waals surface area (Å²) in [5.41, 5.74) is 5.82. The van der Waals surface area contributed by atoms with Crippen LogP contribution in [0.1, 0.15) is 27.7 Å². The van der Waals surface area contributed by atoms with E-state index in [0.29, 0.717) is 5.57 Å². The van der Waals surface area contributed by atoms with Gasteiger partial charge in [0.05, 0.1) is 12.7 Å². The molecule has 2 heterocycles. The third-order valence-corrected chi connectivity index (χ3v) is 5.06. The molecule has 0 bridgehead atoms. The lowest BCUT2D eigenvalue weighted by molar-refractivity contribution is 0.414. The van der Waals surface area contributed by atoms with Crippen molar-refractivity contribution in [1.29, 1.82) is 5.26 Å². The van der Waals surface area contributed by atoms with Crippen molar-refractivity contribution in [2.75, 3.05) is 7.11 Å². The molecule has 0 saturated heterocycles. The molecule has 0 aliphatic heterocycles. The van der Waals surface area contributed by atoms with Crippen LogP contribution in [0.5, 0.6) is 5.75 Å². The highest BCUT2D eigenvalue weighted by Crippen LogP contribution is 2.27. The molecule has 0 atom stereocenters. The smallest absolute Gasteiger partial charge is 0.134 e. The molecule has 0 unspecified atom stereocenters. The molecule has 0 aliphatic rings. The molecular formula is C20H19N3OS. The van der Waals surface area contributed by atoms with E-state index in [0.717, 1.165) is 39.1 Å². The summed E-state index contributed by atoms with van der Waals surface area (Å²) in [5.74, 6) is 0.831. The maximum atomic E-state index is 9.52. The summed E-state index contributed by atoms with van der Waals surface area (Å²) in [7, 11) is 1.66. The molecule has 2 aromatic heterocycles. The third kappa shape index (κ3) is 3.35. The van der Waals surface area contributed by atoms with Crippen LogP contribution in [0.2, 0.25) is 0 Å². The average Bonchev–Trinajstić information content (AvgIpc) is 3.16. The van der Waals surface area contributed by atoms with Crippen LogP contribution in [0.15, 0.2) is 35.7 Å². The number of methoxy groups -OCH3 is 1. The van der Waals surface area contributed by atoms with Gasteiger partial charge in [-0.2, -0.15) is 5.26 Å². The highest BCUT2D eigenvalue weighted by Gasteiger charge is 2.12. The monoisotopic (exact) mass is 349 g/mol. The number of benzene rings is 1. The first-order chi connectivity index (χ1) is 12.0. The van der Waals surface area contributed by atoms with Crippen LogP contribution in [-0.4, -0.2) is 16.7 Å². The Balaban J connectivity index is 2.04. The molecule has 1 aromatic carbocycles. The number of nitrogens with zero attached hydrogens (tertiary/aromatic N) is 3. The van der Waals surface area contributed by atoms with Crippen molar-refractivity contribution in [3.05, 3.63) is 63.4 Å². The first kappa shape index (κ1) is 17.0. The molecule has 4 nitrogen and oxygen atoms in total. The number of hydrogen-bond acceptors (Lipinski definition) is 4. The number of ether oxygens (including phenoxy) is 1. The minimum Gasteiger partial charge on any atom is -0.497 e. The van der Waals surface area contributed by atoms with Crippen LogP contribution < -0.4 is 4.74 Å². The van der Waals surface area contributed by atoms with Crippen LogP contribution in [0.4, 0.5) is 0 Å². The van der Waals surface area contributed by atoms with Gasteiger partial charge in [0.2, 0.25) is 0 Å². The Labute approximate surface area is 151 Å². The van der Waals surface area contributed by atoms with Crippen molar-refractivity contribution < 1.29 is 4.74 Å². The Morgan fingerprint density at radius 2 is 1.96 bits per heavy atom. The van der Waals surface area contributed by atoms with Gasteiger partial charge in [0.1, 0.15) is 16.8 Å². The molecule has 25 heavy (non-hydrogen) atoms. The number of rotatable bonds is 4. The second kappa shape index (κ2) is 6.96. The van der Waals surface area contributed by atoms with Gasteiger partial charge in [-0.3, -0.25) is 0 Å². The van der Waals surface area contributed by atoms with Crippen LogP contribution >= 0.6 is 11.3 Å². The Hall–Kier alpha value is -2.84. The summed E-state index contributed by atoms with van der Waals surface area (Å²) in [6, 6.07) is 12.3. The van der Waals surface area contributed by atoms with E-state index in [4.69, 9.17) is 4.74 Å². The van der Waals surface area contributed by atoms with E-state index in [1.165, 1.54) is 11.3 Å². The van der Waals surface area contributed by atoms with Crippen LogP contribution in [0.3, 0.4) is 0 Å². The predicted molar refractivity (Wildman–Crippen MR) is 102 cm³/mol. The van der Waals surface area contributed by atoms with Crippen molar-refractivity contribution >= 4 is 23.0 Å². The van der Waals surface area contributed by atoms with Crippen molar-refractivity contribution in [1.82, 2.24) is 9.55 Å². The lowest BCUT2D eigenvalue weighted by Crippen LogP contribution is -1.99. The predicted octanol–water partition coefficient (Wildman–Crippen LogP) is 4.93. The van der Waals surface area contributed by atoms with E-state index in [1.54, 1.807) is 7.11 Å². The molecule has 5 heteroatoms. The van der Waals surface area contributed by atoms with Crippen LogP contribution in [0.25, 0.3) is 17.3 Å². The number of allylic oxidation sites excluding steroid dienone is 1. The Morgan fingerprint density at radius 1 is 1.24 bits per heavy atom. The zero-order chi connectivity index (χ0) is 18.0. The summed E-state index contributed by atoms with van der Waals surface area (Å²) in [5, 5.41) is 12.2. The SMILES string of the molecule is COc1ccc(-n2c(C)cc(/C=C(/C#N)c3nc(C)cs3)c2C)cc1. The molecule has 0 fully saturated rings. The van der Waals surface area contributed by atoms with Crippen molar-refractivity contribution in [3.8, 4) is 17.5 Å². The molecular weight excluding hydrogens is 330 g/mol. The van der Waals surface area contributed by atoms with E-state index in [2.05, 4.69) is 35.5 Å². The summed E-state index contributed by atoms with van der Waals surface area (Å²) in [6.07, 6.45) is 1.92. The summed E-state index contributed by atoms with van der Waals surface area (Å²) in [4.78, 5) is 4.42. The van der Waals surface area contributed by atoms with E-state index in [-0.39, 0.29) is 0 Å². The van der Waals surface area contributed by atoms with Gasteiger partial charge < -0.3 is 9.30 Å². The molecule has 0 amide bonds. The maximum absolute atomic E-state index is 9.52. The zero-order valence-electron chi connectivity index (χ0n) is 14.7. The van der Waals surface area contributed by atoms with E-state index in [9.17, 15) is 5.26 Å². The minimum atomic E-state index is 0.591. The highest BCUT2D eigenvalue weighted by molar-refractivity contribution is 7.11. The van der Waals surface area contributed by atoms with Gasteiger partial charge in [-0.15, -0.1) is 11.3 Å². The number of nitriles is 1. The second-order valence-electron chi connectivity index (χ2n) is 5.82. The van der Waals surface area contributed by atoms with Crippen molar-refractivity contribution in [3.63, 3.8) is 0 Å². The number of aryl methyl sites for hydroxylation is 2. The van der Waals surface area contributed by atoms with Gasteiger partial charge in [0.15, 0.2) is 0 Å². The standard InChI is InChI=1S/C20H19N3OS/c1-13-12-25-20(22-13)17(11-21)10-16-9-14(2)23(15(16)3)18-5-7-19(24-4)8-6-18/h5-10,12H,1-4H3/b17-10-. The van der Waals surface area contributed by atoms with Gasteiger partial charge in [-0.1, -0.05) is 0 Å². The Bertz CT molecular complexity index is 972. The fraction of sp³-hybridized carbons (Fsp3) is 0.200. The van der Waals surface area contributed by atoms with E-state index < -0.39 is 0 Å². The lowest BCUT2D eigenvalue weighted by Gasteiger charge is -2.10. The minimum absolute atomic E-state index is 0.591. The highest BCUT2D eigenvalue weighted by atomic mass is 32.1. The Kier molecular flexibility index (Phi) is 4.73. The molecule has 0 radical (unpaired) electrons. The first-order valence-corrected chi connectivity index (χ1v) is 8.79. The van der Waals surface area contributed by atoms with Crippen LogP contribution in [-0.2, 0) is 0 Å². The maximum Gasteiger partial charge on any atom is 0.134 e. The molecule has 0 spiro atoms. The molecule has 0 aliphatic carbocycles. The fourth-order valence-electron chi connectivity index (χ4n) is 2.84. The van der Waals surface area contributed by atoms with Gasteiger partial charge >= 0.3 is 0 Å². The first-order valence-electron chi connectivity index (χ1n) is 7.91. The summed E-state index contributed by atoms with van der Waals surface area (Å²) >= 11 is 1.50. The van der Waals surface area contributed by atoms with E-state index >= 15 is 0 Å². The average molecular weight is 349 g/mol. The van der Waals surface area contributed by atoms with Crippen molar-refractivity contribution in [2.24, 2.45) is 0 Å². The molecule has 126 valence electrons. The normalized spacial score (nSPS) is 11.4. The largest absolute Gasteiger partial charge is 0.497 e. The van der Waals surface area contributed by atoms with E-state index in [1.807, 2.05) is 42.6 Å². The van der Waals surface area contributed by atoms with Gasteiger partial charge in [-0.05, 0) is 62.7 Å². The van der Waals surface area contributed by atoms with Gasteiger partial charge in [0.25, 0.3) is 0 Å². The quantitative estimate of drug-likeness (QED) is 0.627. The molecule has 3 rings (SSSR count). The molecule has 0 N–H and O–H groups in total. The molecule has 0 saturated carbocycles. The van der Waals surface area contributed by atoms with Gasteiger partial charge in [-0.25, -0.2) is 4.98 Å². The number of aromatic nitrogens is 2. The number of thiazole rings is 1.